The standard InChI is InChI=1S/C14H24N2O4/c1-14(4-6-20-7-5-14)9-15-13(19)16-11-3-2-10(8-11)12(17)18/h10-11H,2-9H2,1H3,(H,17,18)(H2,15,16,19). The summed E-state index contributed by atoms with van der Waals surface area (Å²) < 4.78 is 5.33. The van der Waals surface area contributed by atoms with Crippen LogP contribution >= 0.6 is 0 Å². The predicted octanol–water partition coefficient (Wildman–Crippen LogP) is 1.36. The molecule has 2 unspecified atom stereocenters. The molecule has 2 amide bonds. The van der Waals surface area contributed by atoms with Crippen molar-refractivity contribution in [2.45, 2.75) is 45.1 Å². The summed E-state index contributed by atoms with van der Waals surface area (Å²) in [5.41, 5.74) is 0.106. The number of urea groups is 1. The van der Waals surface area contributed by atoms with Gasteiger partial charge in [-0.2, -0.15) is 0 Å². The topological polar surface area (TPSA) is 87.7 Å². The second-order valence-corrected chi connectivity index (χ2v) is 6.30. The van der Waals surface area contributed by atoms with Crippen molar-refractivity contribution in [1.29, 1.82) is 0 Å². The fourth-order valence-corrected chi connectivity index (χ4v) is 2.91. The summed E-state index contributed by atoms with van der Waals surface area (Å²) in [6.07, 6.45) is 3.84. The van der Waals surface area contributed by atoms with Crippen molar-refractivity contribution in [3.8, 4) is 0 Å². The van der Waals surface area contributed by atoms with Gasteiger partial charge in [-0.25, -0.2) is 4.79 Å². The highest BCUT2D eigenvalue weighted by Gasteiger charge is 2.31. The van der Waals surface area contributed by atoms with E-state index < -0.39 is 5.97 Å². The maximum Gasteiger partial charge on any atom is 0.315 e. The van der Waals surface area contributed by atoms with Crippen molar-refractivity contribution in [1.82, 2.24) is 10.6 Å². The molecule has 6 nitrogen and oxygen atoms in total. The molecule has 1 aliphatic carbocycles. The number of ether oxygens (including phenoxy) is 1. The molecular formula is C14H24N2O4. The van der Waals surface area contributed by atoms with Gasteiger partial charge in [-0.05, 0) is 37.5 Å². The zero-order valence-electron chi connectivity index (χ0n) is 12.0. The van der Waals surface area contributed by atoms with Crippen LogP contribution < -0.4 is 10.6 Å². The van der Waals surface area contributed by atoms with E-state index in [4.69, 9.17) is 9.84 Å². The average Bonchev–Trinajstić information content (AvgIpc) is 2.86. The van der Waals surface area contributed by atoms with Crippen LogP contribution in [0, 0.1) is 11.3 Å². The first-order valence-electron chi connectivity index (χ1n) is 7.33. The summed E-state index contributed by atoms with van der Waals surface area (Å²) in [5.74, 6) is -1.07. The summed E-state index contributed by atoms with van der Waals surface area (Å²) in [4.78, 5) is 22.7. The number of hydrogen-bond donors (Lipinski definition) is 3. The van der Waals surface area contributed by atoms with E-state index in [-0.39, 0.29) is 23.4 Å². The van der Waals surface area contributed by atoms with Crippen LogP contribution in [0.25, 0.3) is 0 Å². The van der Waals surface area contributed by atoms with E-state index in [1.165, 1.54) is 0 Å². The van der Waals surface area contributed by atoms with Crippen LogP contribution in [0.2, 0.25) is 0 Å². The molecule has 20 heavy (non-hydrogen) atoms. The molecule has 1 saturated carbocycles. The summed E-state index contributed by atoms with van der Waals surface area (Å²) >= 11 is 0. The maximum absolute atomic E-state index is 11.9. The molecule has 1 saturated heterocycles. The largest absolute Gasteiger partial charge is 0.481 e. The van der Waals surface area contributed by atoms with Gasteiger partial charge in [-0.1, -0.05) is 6.92 Å². The number of carbonyl (C=O) groups is 2. The third-order valence-electron chi connectivity index (χ3n) is 4.49. The lowest BCUT2D eigenvalue weighted by Crippen LogP contribution is -2.46. The van der Waals surface area contributed by atoms with Crippen molar-refractivity contribution in [3.63, 3.8) is 0 Å². The number of hydrogen-bond acceptors (Lipinski definition) is 3. The summed E-state index contributed by atoms with van der Waals surface area (Å²) in [6, 6.07) is -0.202. The molecule has 0 aromatic heterocycles. The third-order valence-corrected chi connectivity index (χ3v) is 4.49. The number of carboxylic acids is 1. The molecule has 2 atom stereocenters. The van der Waals surface area contributed by atoms with Crippen molar-refractivity contribution in [2.24, 2.45) is 11.3 Å². The van der Waals surface area contributed by atoms with Gasteiger partial charge in [0.05, 0.1) is 5.92 Å². The quantitative estimate of drug-likeness (QED) is 0.727. The van der Waals surface area contributed by atoms with Crippen LogP contribution in [-0.4, -0.2) is 42.9 Å². The van der Waals surface area contributed by atoms with E-state index >= 15 is 0 Å². The molecule has 0 spiro atoms. The van der Waals surface area contributed by atoms with Crippen LogP contribution in [0.3, 0.4) is 0 Å². The van der Waals surface area contributed by atoms with Gasteiger partial charge in [0.25, 0.3) is 0 Å². The van der Waals surface area contributed by atoms with Crippen LogP contribution in [-0.2, 0) is 9.53 Å². The Morgan fingerprint density at radius 1 is 1.30 bits per heavy atom. The van der Waals surface area contributed by atoms with E-state index in [1.807, 2.05) is 0 Å². The van der Waals surface area contributed by atoms with Gasteiger partial charge in [-0.3, -0.25) is 4.79 Å². The highest BCUT2D eigenvalue weighted by molar-refractivity contribution is 5.75. The lowest BCUT2D eigenvalue weighted by Gasteiger charge is -2.33. The van der Waals surface area contributed by atoms with Gasteiger partial charge in [-0.15, -0.1) is 0 Å². The van der Waals surface area contributed by atoms with Crippen molar-refractivity contribution < 1.29 is 19.4 Å². The van der Waals surface area contributed by atoms with E-state index in [9.17, 15) is 9.59 Å². The zero-order chi connectivity index (χ0) is 14.6. The molecule has 114 valence electrons. The van der Waals surface area contributed by atoms with Crippen LogP contribution in [0.1, 0.15) is 39.0 Å². The van der Waals surface area contributed by atoms with Crippen LogP contribution in [0.15, 0.2) is 0 Å². The fourth-order valence-electron chi connectivity index (χ4n) is 2.91. The Bertz CT molecular complexity index is 366. The van der Waals surface area contributed by atoms with E-state index in [2.05, 4.69) is 17.6 Å². The first-order valence-corrected chi connectivity index (χ1v) is 7.33. The minimum atomic E-state index is -0.760. The Morgan fingerprint density at radius 2 is 2.00 bits per heavy atom. The van der Waals surface area contributed by atoms with Crippen molar-refractivity contribution in [3.05, 3.63) is 0 Å². The SMILES string of the molecule is CC1(CNC(=O)NC2CCC(C(=O)O)C2)CCOCC1. The second kappa shape index (κ2) is 6.43. The zero-order valence-corrected chi connectivity index (χ0v) is 12.0. The van der Waals surface area contributed by atoms with Gasteiger partial charge < -0.3 is 20.5 Å². The molecule has 6 heteroatoms. The maximum atomic E-state index is 11.9. The summed E-state index contributed by atoms with van der Waals surface area (Å²) in [5, 5.41) is 14.7. The van der Waals surface area contributed by atoms with E-state index in [0.29, 0.717) is 19.4 Å². The number of nitrogens with one attached hydrogen (secondary N) is 2. The highest BCUT2D eigenvalue weighted by Crippen LogP contribution is 2.29. The fraction of sp³-hybridized carbons (Fsp3) is 0.857. The van der Waals surface area contributed by atoms with Gasteiger partial charge in [0.15, 0.2) is 0 Å². The average molecular weight is 284 g/mol. The van der Waals surface area contributed by atoms with Crippen molar-refractivity contribution in [2.75, 3.05) is 19.8 Å². The third kappa shape index (κ3) is 4.10. The smallest absolute Gasteiger partial charge is 0.315 e. The van der Waals surface area contributed by atoms with Gasteiger partial charge in [0.2, 0.25) is 0 Å². The number of aliphatic carboxylic acids is 1. The molecule has 1 aliphatic heterocycles. The number of amides is 2. The number of rotatable bonds is 4. The molecular weight excluding hydrogens is 260 g/mol. The van der Waals surface area contributed by atoms with E-state index in [1.54, 1.807) is 0 Å². The minimum Gasteiger partial charge on any atom is -0.481 e. The van der Waals surface area contributed by atoms with Crippen molar-refractivity contribution >= 4 is 12.0 Å². The summed E-state index contributed by atoms with van der Waals surface area (Å²) in [7, 11) is 0. The molecule has 0 bridgehead atoms. The Hall–Kier alpha value is -1.30. The van der Waals surface area contributed by atoms with Gasteiger partial charge in [0, 0.05) is 25.8 Å². The number of carbonyl (C=O) groups excluding carboxylic acids is 1. The first-order chi connectivity index (χ1) is 9.48. The Labute approximate surface area is 119 Å². The number of carboxylic acid groups (broad SMARTS) is 1. The van der Waals surface area contributed by atoms with Crippen LogP contribution in [0.5, 0.6) is 0 Å². The molecule has 1 heterocycles. The molecule has 2 rings (SSSR count). The molecule has 2 fully saturated rings. The minimum absolute atomic E-state index is 0.0152. The van der Waals surface area contributed by atoms with Crippen LogP contribution in [0.4, 0.5) is 4.79 Å². The van der Waals surface area contributed by atoms with E-state index in [0.717, 1.165) is 32.5 Å². The summed E-state index contributed by atoms with van der Waals surface area (Å²) in [6.45, 7) is 4.30. The predicted molar refractivity (Wildman–Crippen MR) is 73.5 cm³/mol. The lowest BCUT2D eigenvalue weighted by atomic mass is 9.82. The normalized spacial score (nSPS) is 28.9. The Balaban J connectivity index is 1.69. The monoisotopic (exact) mass is 284 g/mol. The second-order valence-electron chi connectivity index (χ2n) is 6.30. The Kier molecular flexibility index (Phi) is 4.86. The lowest BCUT2D eigenvalue weighted by molar-refractivity contribution is -0.141. The molecule has 2 aliphatic rings. The molecule has 0 radical (unpaired) electrons. The molecule has 3 N–H and O–H groups in total. The Morgan fingerprint density at radius 3 is 2.60 bits per heavy atom. The van der Waals surface area contributed by atoms with Gasteiger partial charge >= 0.3 is 12.0 Å². The molecule has 0 aromatic carbocycles. The molecule has 0 aromatic rings. The van der Waals surface area contributed by atoms with Gasteiger partial charge in [0.1, 0.15) is 0 Å². The highest BCUT2D eigenvalue weighted by atomic mass is 16.5. The first kappa shape index (κ1) is 15.1.